The van der Waals surface area contributed by atoms with E-state index in [4.69, 9.17) is 4.74 Å². The molecule has 2 nitrogen and oxygen atoms in total. The van der Waals surface area contributed by atoms with Crippen LogP contribution in [0.5, 0.6) is 5.75 Å². The van der Waals surface area contributed by atoms with E-state index in [0.29, 0.717) is 6.42 Å². The third kappa shape index (κ3) is 2.89. The predicted molar refractivity (Wildman–Crippen MR) is 79.1 cm³/mol. The van der Waals surface area contributed by atoms with Gasteiger partial charge in [-0.05, 0) is 54.3 Å². The van der Waals surface area contributed by atoms with Gasteiger partial charge >= 0.3 is 6.18 Å². The smallest absolute Gasteiger partial charge is 0.416 e. The molecule has 0 bridgehead atoms. The van der Waals surface area contributed by atoms with E-state index in [-0.39, 0.29) is 6.04 Å². The molecule has 0 radical (unpaired) electrons. The van der Waals surface area contributed by atoms with Gasteiger partial charge < -0.3 is 10.1 Å². The van der Waals surface area contributed by atoms with Crippen LogP contribution in [0.1, 0.15) is 29.2 Å². The molecule has 116 valence electrons. The second kappa shape index (κ2) is 5.55. The van der Waals surface area contributed by atoms with E-state index in [1.165, 1.54) is 12.1 Å². The molecule has 0 saturated heterocycles. The number of hydrogen-bond acceptors (Lipinski definition) is 2. The first-order chi connectivity index (χ1) is 10.5. The van der Waals surface area contributed by atoms with Crippen LogP contribution in [0.4, 0.5) is 18.9 Å². The standard InChI is InChI=1S/C17H16F3NO/c1-22-14-6-2-11(3-7-14)15-8-4-12-10-13(17(18,19)20)5-9-16(12)21-15/h2-3,5-7,9-10,15,21H,4,8H2,1H3/t15-/m0/s1. The van der Waals surface area contributed by atoms with Gasteiger partial charge in [0.05, 0.1) is 18.7 Å². The monoisotopic (exact) mass is 307 g/mol. The van der Waals surface area contributed by atoms with Gasteiger partial charge in [0.1, 0.15) is 5.75 Å². The Bertz CT molecular complexity index is 665. The van der Waals surface area contributed by atoms with Crippen LogP contribution in [-0.4, -0.2) is 7.11 Å². The third-order valence-electron chi connectivity index (χ3n) is 3.98. The fraction of sp³-hybridized carbons (Fsp3) is 0.294. The first-order valence-corrected chi connectivity index (χ1v) is 7.08. The Morgan fingerprint density at radius 1 is 1.09 bits per heavy atom. The molecule has 1 aliphatic rings. The molecular formula is C17H16F3NO. The maximum absolute atomic E-state index is 12.7. The molecule has 5 heteroatoms. The zero-order valence-corrected chi connectivity index (χ0v) is 12.1. The average Bonchev–Trinajstić information content (AvgIpc) is 2.53. The summed E-state index contributed by atoms with van der Waals surface area (Å²) in [6, 6.07) is 11.7. The summed E-state index contributed by atoms with van der Waals surface area (Å²) in [5.41, 5.74) is 2.02. The Labute approximate surface area is 126 Å². The summed E-state index contributed by atoms with van der Waals surface area (Å²) in [6.07, 6.45) is -2.90. The van der Waals surface area contributed by atoms with Gasteiger partial charge in [-0.25, -0.2) is 0 Å². The molecule has 0 fully saturated rings. The summed E-state index contributed by atoms with van der Waals surface area (Å²) in [7, 11) is 1.61. The van der Waals surface area contributed by atoms with E-state index in [0.717, 1.165) is 35.1 Å². The summed E-state index contributed by atoms with van der Waals surface area (Å²) in [5.74, 6) is 0.787. The molecule has 1 N–H and O–H groups in total. The van der Waals surface area contributed by atoms with Crippen LogP contribution in [0.15, 0.2) is 42.5 Å². The average molecular weight is 307 g/mol. The molecule has 0 unspecified atom stereocenters. The fourth-order valence-corrected chi connectivity index (χ4v) is 2.76. The van der Waals surface area contributed by atoms with E-state index in [1.54, 1.807) is 7.11 Å². The number of ether oxygens (including phenoxy) is 1. The van der Waals surface area contributed by atoms with Crippen molar-refractivity contribution in [1.82, 2.24) is 0 Å². The highest BCUT2D eigenvalue weighted by atomic mass is 19.4. The van der Waals surface area contributed by atoms with Crippen LogP contribution in [0.2, 0.25) is 0 Å². The van der Waals surface area contributed by atoms with Crippen molar-refractivity contribution in [3.8, 4) is 5.75 Å². The summed E-state index contributed by atoms with van der Waals surface area (Å²) in [4.78, 5) is 0. The van der Waals surface area contributed by atoms with Gasteiger partial charge in [0.2, 0.25) is 0 Å². The normalized spacial score (nSPS) is 17.5. The minimum Gasteiger partial charge on any atom is -0.497 e. The molecular weight excluding hydrogens is 291 g/mol. The lowest BCUT2D eigenvalue weighted by molar-refractivity contribution is -0.137. The van der Waals surface area contributed by atoms with Crippen molar-refractivity contribution in [2.24, 2.45) is 0 Å². The molecule has 0 spiro atoms. The first kappa shape index (κ1) is 14.8. The highest BCUT2D eigenvalue weighted by Crippen LogP contribution is 2.37. The highest BCUT2D eigenvalue weighted by Gasteiger charge is 2.31. The molecule has 0 saturated carbocycles. The van der Waals surface area contributed by atoms with Gasteiger partial charge in [-0.1, -0.05) is 12.1 Å². The van der Waals surface area contributed by atoms with Gasteiger partial charge in [0.15, 0.2) is 0 Å². The Morgan fingerprint density at radius 2 is 1.82 bits per heavy atom. The Balaban J connectivity index is 1.81. The summed E-state index contributed by atoms with van der Waals surface area (Å²) in [6.45, 7) is 0. The SMILES string of the molecule is COc1ccc([C@@H]2CCc3cc(C(F)(F)F)ccc3N2)cc1. The molecule has 3 rings (SSSR count). The largest absolute Gasteiger partial charge is 0.497 e. The lowest BCUT2D eigenvalue weighted by Crippen LogP contribution is -2.19. The van der Waals surface area contributed by atoms with Crippen molar-refractivity contribution >= 4 is 5.69 Å². The van der Waals surface area contributed by atoms with Gasteiger partial charge in [-0.2, -0.15) is 13.2 Å². The van der Waals surface area contributed by atoms with Crippen LogP contribution in [-0.2, 0) is 12.6 Å². The molecule has 1 heterocycles. The molecule has 0 aliphatic carbocycles. The summed E-state index contributed by atoms with van der Waals surface area (Å²) >= 11 is 0. The number of methoxy groups -OCH3 is 1. The van der Waals surface area contributed by atoms with Crippen molar-refractivity contribution in [3.05, 3.63) is 59.2 Å². The molecule has 22 heavy (non-hydrogen) atoms. The van der Waals surface area contributed by atoms with Crippen molar-refractivity contribution < 1.29 is 17.9 Å². The second-order valence-corrected chi connectivity index (χ2v) is 5.38. The van der Waals surface area contributed by atoms with Crippen molar-refractivity contribution in [2.75, 3.05) is 12.4 Å². The predicted octanol–water partition coefficient (Wildman–Crippen LogP) is 4.81. The molecule has 1 atom stereocenters. The summed E-state index contributed by atoms with van der Waals surface area (Å²) < 4.78 is 43.3. The van der Waals surface area contributed by atoms with Crippen molar-refractivity contribution in [3.63, 3.8) is 0 Å². The zero-order chi connectivity index (χ0) is 15.7. The quantitative estimate of drug-likeness (QED) is 0.859. The highest BCUT2D eigenvalue weighted by molar-refractivity contribution is 5.56. The Morgan fingerprint density at radius 3 is 2.45 bits per heavy atom. The van der Waals surface area contributed by atoms with E-state index in [9.17, 15) is 13.2 Å². The number of hydrogen-bond donors (Lipinski definition) is 1. The van der Waals surface area contributed by atoms with Crippen LogP contribution in [0.25, 0.3) is 0 Å². The number of fused-ring (bicyclic) bond motifs is 1. The number of alkyl halides is 3. The minimum absolute atomic E-state index is 0.107. The van der Waals surface area contributed by atoms with Crippen LogP contribution < -0.4 is 10.1 Å². The van der Waals surface area contributed by atoms with E-state index >= 15 is 0 Å². The molecule has 2 aromatic carbocycles. The molecule has 0 amide bonds. The van der Waals surface area contributed by atoms with Gasteiger partial charge in [-0.3, -0.25) is 0 Å². The molecule has 2 aromatic rings. The van der Waals surface area contributed by atoms with Crippen LogP contribution >= 0.6 is 0 Å². The lowest BCUT2D eigenvalue weighted by Gasteiger charge is -2.28. The van der Waals surface area contributed by atoms with E-state index in [1.807, 2.05) is 24.3 Å². The Kier molecular flexibility index (Phi) is 3.72. The number of nitrogens with one attached hydrogen (secondary N) is 1. The topological polar surface area (TPSA) is 21.3 Å². The lowest BCUT2D eigenvalue weighted by atomic mass is 9.92. The van der Waals surface area contributed by atoms with Gasteiger partial charge in [-0.15, -0.1) is 0 Å². The molecule has 1 aliphatic heterocycles. The maximum Gasteiger partial charge on any atom is 0.416 e. The zero-order valence-electron chi connectivity index (χ0n) is 12.1. The fourth-order valence-electron chi connectivity index (χ4n) is 2.76. The van der Waals surface area contributed by atoms with Crippen LogP contribution in [0, 0.1) is 0 Å². The van der Waals surface area contributed by atoms with Gasteiger partial charge in [0.25, 0.3) is 0 Å². The van der Waals surface area contributed by atoms with Crippen LogP contribution in [0.3, 0.4) is 0 Å². The first-order valence-electron chi connectivity index (χ1n) is 7.08. The van der Waals surface area contributed by atoms with Crippen molar-refractivity contribution in [1.29, 1.82) is 0 Å². The minimum atomic E-state index is -4.29. The maximum atomic E-state index is 12.7. The number of aryl methyl sites for hydroxylation is 1. The second-order valence-electron chi connectivity index (χ2n) is 5.38. The number of rotatable bonds is 2. The van der Waals surface area contributed by atoms with E-state index in [2.05, 4.69) is 5.32 Å². The number of halogens is 3. The van der Waals surface area contributed by atoms with Crippen molar-refractivity contribution in [2.45, 2.75) is 25.1 Å². The third-order valence-corrected chi connectivity index (χ3v) is 3.98. The van der Waals surface area contributed by atoms with E-state index < -0.39 is 11.7 Å². The molecule has 0 aromatic heterocycles. The number of benzene rings is 2. The summed E-state index contributed by atoms with van der Waals surface area (Å²) in [5, 5.41) is 3.32. The Hall–Kier alpha value is -2.17. The van der Waals surface area contributed by atoms with Gasteiger partial charge in [0, 0.05) is 5.69 Å². The number of anilines is 1.